The third-order valence-electron chi connectivity index (χ3n) is 4.81. The van der Waals surface area contributed by atoms with Gasteiger partial charge in [-0.05, 0) is 49.7 Å². The van der Waals surface area contributed by atoms with E-state index in [1.165, 1.54) is 0 Å². The first kappa shape index (κ1) is 21.1. The standard InChI is InChI=1S/C26H24N4O2/c1-19-8-6-10-21(14-19)26-22(17-30(29-26)23-11-4-3-5-12-23)16-27-28-25(31)18-32-24-13-7-9-20(2)15-24/h3-17H,18H2,1-2H3,(H,28,31)/b27-16-. The van der Waals surface area contributed by atoms with Crippen LogP contribution in [0.1, 0.15) is 16.7 Å². The molecule has 0 saturated carbocycles. The fourth-order valence-electron chi connectivity index (χ4n) is 3.27. The van der Waals surface area contributed by atoms with Gasteiger partial charge in [-0.1, -0.05) is 54.1 Å². The van der Waals surface area contributed by atoms with Gasteiger partial charge in [-0.25, -0.2) is 10.1 Å². The zero-order valence-corrected chi connectivity index (χ0v) is 18.0. The van der Waals surface area contributed by atoms with Gasteiger partial charge in [-0.2, -0.15) is 10.2 Å². The zero-order valence-electron chi connectivity index (χ0n) is 18.0. The van der Waals surface area contributed by atoms with Crippen molar-refractivity contribution >= 4 is 12.1 Å². The van der Waals surface area contributed by atoms with Gasteiger partial charge < -0.3 is 4.74 Å². The van der Waals surface area contributed by atoms with Crippen LogP contribution < -0.4 is 10.2 Å². The molecule has 32 heavy (non-hydrogen) atoms. The Morgan fingerprint density at radius 3 is 2.50 bits per heavy atom. The van der Waals surface area contributed by atoms with Gasteiger partial charge in [0.1, 0.15) is 11.4 Å². The first-order valence-electron chi connectivity index (χ1n) is 10.3. The molecule has 0 unspecified atom stereocenters. The van der Waals surface area contributed by atoms with Crippen LogP contribution in [0.4, 0.5) is 0 Å². The van der Waals surface area contributed by atoms with Crippen molar-refractivity contribution in [2.24, 2.45) is 5.10 Å². The van der Waals surface area contributed by atoms with E-state index in [4.69, 9.17) is 9.84 Å². The Morgan fingerprint density at radius 1 is 1.00 bits per heavy atom. The predicted octanol–water partition coefficient (Wildman–Crippen LogP) is 4.69. The number of hydrazone groups is 1. The summed E-state index contributed by atoms with van der Waals surface area (Å²) in [5.41, 5.74) is 8.23. The second kappa shape index (κ2) is 9.75. The minimum absolute atomic E-state index is 0.116. The number of rotatable bonds is 7. The molecule has 0 spiro atoms. The monoisotopic (exact) mass is 424 g/mol. The molecule has 0 bridgehead atoms. The van der Waals surface area contributed by atoms with E-state index in [-0.39, 0.29) is 12.5 Å². The zero-order chi connectivity index (χ0) is 22.3. The number of para-hydroxylation sites is 1. The minimum Gasteiger partial charge on any atom is -0.484 e. The first-order valence-corrected chi connectivity index (χ1v) is 10.3. The number of aryl methyl sites for hydroxylation is 2. The molecule has 4 aromatic rings. The number of benzene rings is 3. The topological polar surface area (TPSA) is 68.5 Å². The van der Waals surface area contributed by atoms with Crippen molar-refractivity contribution in [3.8, 4) is 22.7 Å². The third-order valence-corrected chi connectivity index (χ3v) is 4.81. The first-order chi connectivity index (χ1) is 15.6. The normalized spacial score (nSPS) is 10.9. The number of aromatic nitrogens is 2. The molecule has 160 valence electrons. The van der Waals surface area contributed by atoms with Crippen LogP contribution in [0.25, 0.3) is 16.9 Å². The van der Waals surface area contributed by atoms with Crippen LogP contribution in [0.2, 0.25) is 0 Å². The highest BCUT2D eigenvalue weighted by Gasteiger charge is 2.11. The van der Waals surface area contributed by atoms with Crippen molar-refractivity contribution in [1.82, 2.24) is 15.2 Å². The minimum atomic E-state index is -0.338. The van der Waals surface area contributed by atoms with E-state index >= 15 is 0 Å². The Labute approximate surface area is 187 Å². The number of ether oxygens (including phenoxy) is 1. The maximum atomic E-state index is 12.1. The van der Waals surface area contributed by atoms with Crippen molar-refractivity contribution in [3.63, 3.8) is 0 Å². The third kappa shape index (κ3) is 5.29. The molecule has 0 aliphatic heterocycles. The molecular weight excluding hydrogens is 400 g/mol. The predicted molar refractivity (Wildman–Crippen MR) is 126 cm³/mol. The summed E-state index contributed by atoms with van der Waals surface area (Å²) in [7, 11) is 0. The smallest absolute Gasteiger partial charge is 0.277 e. The molecule has 1 aromatic heterocycles. The van der Waals surface area contributed by atoms with E-state index in [9.17, 15) is 4.79 Å². The molecule has 1 heterocycles. The average Bonchev–Trinajstić information content (AvgIpc) is 3.23. The molecule has 6 nitrogen and oxygen atoms in total. The molecule has 0 saturated heterocycles. The maximum Gasteiger partial charge on any atom is 0.277 e. The Bertz CT molecular complexity index is 1250. The SMILES string of the molecule is Cc1cccc(OCC(=O)N/N=C\c2cn(-c3ccccc3)nc2-c2cccc(C)c2)c1. The fraction of sp³-hybridized carbons (Fsp3) is 0.115. The van der Waals surface area contributed by atoms with Crippen LogP contribution in [0.3, 0.4) is 0 Å². The number of carbonyl (C=O) groups excluding carboxylic acids is 1. The second-order valence-corrected chi connectivity index (χ2v) is 7.48. The van der Waals surface area contributed by atoms with Crippen LogP contribution in [-0.2, 0) is 4.79 Å². The molecule has 0 fully saturated rings. The largest absolute Gasteiger partial charge is 0.484 e. The molecule has 1 amide bonds. The molecule has 0 aliphatic rings. The number of hydrogen-bond acceptors (Lipinski definition) is 4. The van der Waals surface area contributed by atoms with Gasteiger partial charge in [0.05, 0.1) is 11.9 Å². The lowest BCUT2D eigenvalue weighted by Gasteiger charge is -2.05. The van der Waals surface area contributed by atoms with Gasteiger partial charge in [0.15, 0.2) is 6.61 Å². The lowest BCUT2D eigenvalue weighted by atomic mass is 10.1. The van der Waals surface area contributed by atoms with E-state index in [1.807, 2.05) is 97.5 Å². The van der Waals surface area contributed by atoms with Gasteiger partial charge in [-0.3, -0.25) is 4.79 Å². The molecule has 0 aliphatic carbocycles. The van der Waals surface area contributed by atoms with Crippen LogP contribution in [0.15, 0.2) is 90.2 Å². The summed E-state index contributed by atoms with van der Waals surface area (Å²) in [6.07, 6.45) is 3.50. The van der Waals surface area contributed by atoms with E-state index in [0.717, 1.165) is 33.6 Å². The van der Waals surface area contributed by atoms with Crippen molar-refractivity contribution < 1.29 is 9.53 Å². The molecule has 3 aromatic carbocycles. The summed E-state index contributed by atoms with van der Waals surface area (Å²) in [5.74, 6) is 0.310. The maximum absolute atomic E-state index is 12.1. The van der Waals surface area contributed by atoms with E-state index in [2.05, 4.69) is 16.6 Å². The summed E-state index contributed by atoms with van der Waals surface area (Å²) in [6, 6.07) is 25.5. The Hall–Kier alpha value is -4.19. The Morgan fingerprint density at radius 2 is 1.75 bits per heavy atom. The van der Waals surface area contributed by atoms with Crippen LogP contribution in [0.5, 0.6) is 5.75 Å². The van der Waals surface area contributed by atoms with Gasteiger partial charge >= 0.3 is 0 Å². The second-order valence-electron chi connectivity index (χ2n) is 7.48. The molecule has 0 radical (unpaired) electrons. The molecule has 1 N–H and O–H groups in total. The lowest BCUT2D eigenvalue weighted by molar-refractivity contribution is -0.123. The molecule has 0 atom stereocenters. The van der Waals surface area contributed by atoms with E-state index in [1.54, 1.807) is 6.21 Å². The van der Waals surface area contributed by atoms with Gasteiger partial charge in [0.2, 0.25) is 0 Å². The quantitative estimate of drug-likeness (QED) is 0.346. The number of hydrogen-bond donors (Lipinski definition) is 1. The van der Waals surface area contributed by atoms with Crippen molar-refractivity contribution in [1.29, 1.82) is 0 Å². The van der Waals surface area contributed by atoms with E-state index < -0.39 is 0 Å². The summed E-state index contributed by atoms with van der Waals surface area (Å²) in [4.78, 5) is 12.1. The highest BCUT2D eigenvalue weighted by atomic mass is 16.5. The number of nitrogens with one attached hydrogen (secondary N) is 1. The lowest BCUT2D eigenvalue weighted by Crippen LogP contribution is -2.24. The van der Waals surface area contributed by atoms with Crippen molar-refractivity contribution in [2.45, 2.75) is 13.8 Å². The van der Waals surface area contributed by atoms with Gasteiger partial charge in [0.25, 0.3) is 5.91 Å². The summed E-state index contributed by atoms with van der Waals surface area (Å²) in [5, 5.41) is 8.89. The number of amides is 1. The van der Waals surface area contributed by atoms with Crippen LogP contribution in [-0.4, -0.2) is 28.5 Å². The summed E-state index contributed by atoms with van der Waals surface area (Å²) < 4.78 is 7.32. The summed E-state index contributed by atoms with van der Waals surface area (Å²) >= 11 is 0. The number of nitrogens with zero attached hydrogens (tertiary/aromatic N) is 3. The van der Waals surface area contributed by atoms with Gasteiger partial charge in [0, 0.05) is 17.3 Å². The van der Waals surface area contributed by atoms with Crippen LogP contribution >= 0.6 is 0 Å². The highest BCUT2D eigenvalue weighted by Crippen LogP contribution is 2.23. The summed E-state index contributed by atoms with van der Waals surface area (Å²) in [6.45, 7) is 3.90. The van der Waals surface area contributed by atoms with Crippen LogP contribution in [0, 0.1) is 13.8 Å². The molecular formula is C26H24N4O2. The number of carbonyl (C=O) groups is 1. The van der Waals surface area contributed by atoms with Crippen molar-refractivity contribution in [3.05, 3.63) is 102 Å². The average molecular weight is 425 g/mol. The highest BCUT2D eigenvalue weighted by molar-refractivity contribution is 5.89. The van der Waals surface area contributed by atoms with Gasteiger partial charge in [-0.15, -0.1) is 0 Å². The van der Waals surface area contributed by atoms with Crippen molar-refractivity contribution in [2.75, 3.05) is 6.61 Å². The Balaban J connectivity index is 1.50. The fourth-order valence-corrected chi connectivity index (χ4v) is 3.27. The molecule has 6 heteroatoms. The molecule has 4 rings (SSSR count). The Kier molecular flexibility index (Phi) is 6.41. The van der Waals surface area contributed by atoms with E-state index in [0.29, 0.717) is 5.75 Å².